The van der Waals surface area contributed by atoms with Gasteiger partial charge >= 0.3 is 6.09 Å². The number of likely N-dealkylation sites (N-methyl/N-ethyl adjacent to an activating group) is 2. The highest BCUT2D eigenvalue weighted by Gasteiger charge is 2.20. The summed E-state index contributed by atoms with van der Waals surface area (Å²) in [6.45, 7) is 15.4. The van der Waals surface area contributed by atoms with Crippen molar-refractivity contribution in [3.8, 4) is 0 Å². The highest BCUT2D eigenvalue weighted by atomic mass is 79.9. The van der Waals surface area contributed by atoms with Gasteiger partial charge in [0.2, 0.25) is 0 Å². The van der Waals surface area contributed by atoms with E-state index >= 15 is 0 Å². The summed E-state index contributed by atoms with van der Waals surface area (Å²) in [5.74, 6) is 1.55. The molecule has 10 nitrogen and oxygen atoms in total. The minimum Gasteiger partial charge on any atom is -0.444 e. The molecule has 0 aromatic carbocycles. The van der Waals surface area contributed by atoms with Crippen molar-refractivity contribution in [2.45, 2.75) is 65.3 Å². The SMILES string of the molecule is CN(CCN(C)c1cccc(CNc2ncnc3c2c(Br)cn3COCC[Si](C)(C)C)n1)C(=O)OC(C)(C)C. The van der Waals surface area contributed by atoms with E-state index in [1.807, 2.05) is 61.7 Å². The molecular weight excluding hydrogens is 578 g/mol. The molecule has 3 heterocycles. The third-order valence-corrected chi connectivity index (χ3v) is 8.24. The second-order valence-electron chi connectivity index (χ2n) is 11.9. The molecule has 3 rings (SSSR count). The van der Waals surface area contributed by atoms with Crippen LogP contribution in [0.1, 0.15) is 26.5 Å². The number of carbonyl (C=O) groups is 1. The predicted octanol–water partition coefficient (Wildman–Crippen LogP) is 5.82. The number of aromatic nitrogens is 4. The van der Waals surface area contributed by atoms with Gasteiger partial charge < -0.3 is 29.2 Å². The zero-order valence-electron chi connectivity index (χ0n) is 24.4. The van der Waals surface area contributed by atoms with Crippen LogP contribution in [0.25, 0.3) is 11.0 Å². The first-order valence-electron chi connectivity index (χ1n) is 13.2. The summed E-state index contributed by atoms with van der Waals surface area (Å²) >= 11 is 3.67. The van der Waals surface area contributed by atoms with Crippen LogP contribution in [0.15, 0.2) is 35.2 Å². The highest BCUT2D eigenvalue weighted by Crippen LogP contribution is 2.30. The van der Waals surface area contributed by atoms with Crippen molar-refractivity contribution >= 4 is 52.8 Å². The van der Waals surface area contributed by atoms with Crippen LogP contribution in [0.5, 0.6) is 0 Å². The molecule has 0 saturated carbocycles. The molecule has 0 fully saturated rings. The Bertz CT molecular complexity index is 1260. The Kier molecular flexibility index (Phi) is 10.4. The van der Waals surface area contributed by atoms with Crippen molar-refractivity contribution in [2.75, 3.05) is 44.0 Å². The van der Waals surface area contributed by atoms with Gasteiger partial charge in [0.1, 0.15) is 35.9 Å². The second kappa shape index (κ2) is 13.1. The molecule has 3 aromatic heterocycles. The van der Waals surface area contributed by atoms with Gasteiger partial charge in [-0.05, 0) is 54.9 Å². The van der Waals surface area contributed by atoms with Crippen LogP contribution in [0, 0.1) is 0 Å². The average Bonchev–Trinajstić information content (AvgIpc) is 3.18. The molecule has 0 spiro atoms. The lowest BCUT2D eigenvalue weighted by molar-refractivity contribution is 0.0303. The van der Waals surface area contributed by atoms with Crippen molar-refractivity contribution in [3.63, 3.8) is 0 Å². The largest absolute Gasteiger partial charge is 0.444 e. The van der Waals surface area contributed by atoms with E-state index in [4.69, 9.17) is 14.5 Å². The summed E-state index contributed by atoms with van der Waals surface area (Å²) < 4.78 is 14.3. The maximum Gasteiger partial charge on any atom is 0.410 e. The normalized spacial score (nSPS) is 12.0. The standard InChI is InChI=1S/C27H42BrN7O3Si/c1-27(2,3)38-26(36)34(5)13-12-33(4)22-11-9-10-20(32-22)16-29-24-23-21(28)17-35(25(23)31-18-30-24)19-37-14-15-39(6,7)8/h9-11,17-18H,12-16,19H2,1-8H3,(H,29,30,31). The number of hydrogen-bond acceptors (Lipinski definition) is 8. The Labute approximate surface area is 241 Å². The van der Waals surface area contributed by atoms with Crippen molar-refractivity contribution in [1.82, 2.24) is 24.4 Å². The first-order valence-corrected chi connectivity index (χ1v) is 17.7. The second-order valence-corrected chi connectivity index (χ2v) is 18.4. The van der Waals surface area contributed by atoms with E-state index in [1.54, 1.807) is 18.3 Å². The summed E-state index contributed by atoms with van der Waals surface area (Å²) in [6, 6.07) is 7.03. The van der Waals surface area contributed by atoms with Gasteiger partial charge in [-0.3, -0.25) is 0 Å². The fourth-order valence-corrected chi connectivity index (χ4v) is 5.02. The third kappa shape index (κ3) is 9.47. The quantitative estimate of drug-likeness (QED) is 0.200. The first kappa shape index (κ1) is 30.8. The highest BCUT2D eigenvalue weighted by molar-refractivity contribution is 9.10. The van der Waals surface area contributed by atoms with E-state index in [2.05, 4.69) is 50.9 Å². The number of ether oxygens (including phenoxy) is 2. The molecule has 0 radical (unpaired) electrons. The Balaban J connectivity index is 1.61. The van der Waals surface area contributed by atoms with Gasteiger partial charge in [0, 0.05) is 52.5 Å². The Morgan fingerprint density at radius 3 is 2.59 bits per heavy atom. The maximum atomic E-state index is 12.2. The fourth-order valence-electron chi connectivity index (χ4n) is 3.65. The van der Waals surface area contributed by atoms with Crippen LogP contribution >= 0.6 is 15.9 Å². The topological polar surface area (TPSA) is 97.6 Å². The molecule has 3 aromatic rings. The predicted molar refractivity (Wildman–Crippen MR) is 163 cm³/mol. The number of fused-ring (bicyclic) bond motifs is 1. The summed E-state index contributed by atoms with van der Waals surface area (Å²) in [5.41, 5.74) is 1.16. The van der Waals surface area contributed by atoms with Crippen LogP contribution in [0.3, 0.4) is 0 Å². The van der Waals surface area contributed by atoms with Crippen LogP contribution in [0.4, 0.5) is 16.4 Å². The molecular formula is C27H42BrN7O3Si. The lowest BCUT2D eigenvalue weighted by atomic mass is 10.2. The van der Waals surface area contributed by atoms with Crippen LogP contribution in [-0.4, -0.2) is 78.0 Å². The van der Waals surface area contributed by atoms with Crippen LogP contribution in [-0.2, 0) is 22.7 Å². The molecule has 0 bridgehead atoms. The minimum atomic E-state index is -1.14. The van der Waals surface area contributed by atoms with E-state index in [0.29, 0.717) is 26.4 Å². The number of halogens is 1. The molecule has 0 aliphatic rings. The number of hydrogen-bond donors (Lipinski definition) is 1. The molecule has 0 aliphatic carbocycles. The van der Waals surface area contributed by atoms with Crippen molar-refractivity contribution in [1.29, 1.82) is 0 Å². The zero-order valence-corrected chi connectivity index (χ0v) is 27.0. The van der Waals surface area contributed by atoms with Crippen molar-refractivity contribution in [3.05, 3.63) is 40.9 Å². The van der Waals surface area contributed by atoms with Crippen LogP contribution in [0.2, 0.25) is 25.7 Å². The number of anilines is 2. The van der Waals surface area contributed by atoms with Crippen molar-refractivity contribution in [2.24, 2.45) is 0 Å². The smallest absolute Gasteiger partial charge is 0.410 e. The molecule has 0 aliphatic heterocycles. The Hall–Kier alpha value is -2.70. The van der Waals surface area contributed by atoms with Gasteiger partial charge in [-0.15, -0.1) is 0 Å². The van der Waals surface area contributed by atoms with E-state index < -0.39 is 13.7 Å². The number of carbonyl (C=O) groups excluding carboxylic acids is 1. The number of pyridine rings is 1. The lowest BCUT2D eigenvalue weighted by Gasteiger charge is -2.26. The zero-order chi connectivity index (χ0) is 28.8. The fraction of sp³-hybridized carbons (Fsp3) is 0.556. The van der Waals surface area contributed by atoms with E-state index in [-0.39, 0.29) is 6.09 Å². The van der Waals surface area contributed by atoms with Gasteiger partial charge in [0.25, 0.3) is 0 Å². The van der Waals surface area contributed by atoms with Crippen LogP contribution < -0.4 is 10.2 Å². The molecule has 12 heteroatoms. The van der Waals surface area contributed by atoms with Gasteiger partial charge in [-0.2, -0.15) is 0 Å². The number of nitrogens with one attached hydrogen (secondary N) is 1. The maximum absolute atomic E-state index is 12.2. The van der Waals surface area contributed by atoms with Gasteiger partial charge in [-0.1, -0.05) is 25.7 Å². The Morgan fingerprint density at radius 2 is 1.90 bits per heavy atom. The summed E-state index contributed by atoms with van der Waals surface area (Å²) in [7, 11) is 2.56. The van der Waals surface area contributed by atoms with Gasteiger partial charge in [0.05, 0.1) is 17.6 Å². The molecule has 39 heavy (non-hydrogen) atoms. The number of nitrogens with zero attached hydrogens (tertiary/aromatic N) is 6. The molecule has 0 unspecified atom stereocenters. The minimum absolute atomic E-state index is 0.337. The summed E-state index contributed by atoms with van der Waals surface area (Å²) in [5, 5.41) is 4.33. The van der Waals surface area contributed by atoms with Gasteiger partial charge in [-0.25, -0.2) is 19.7 Å². The average molecular weight is 621 g/mol. The van der Waals surface area contributed by atoms with E-state index in [0.717, 1.165) is 45.5 Å². The lowest BCUT2D eigenvalue weighted by Crippen LogP contribution is -2.38. The molecule has 0 atom stereocenters. The third-order valence-electron chi connectivity index (χ3n) is 5.93. The Morgan fingerprint density at radius 1 is 1.15 bits per heavy atom. The monoisotopic (exact) mass is 619 g/mol. The summed E-state index contributed by atoms with van der Waals surface area (Å²) in [6.07, 6.45) is 3.21. The molecule has 214 valence electrons. The first-order chi connectivity index (χ1) is 18.2. The molecule has 1 amide bonds. The molecule has 0 saturated heterocycles. The number of amides is 1. The van der Waals surface area contributed by atoms with Gasteiger partial charge in [0.15, 0.2) is 0 Å². The van der Waals surface area contributed by atoms with E-state index in [1.165, 1.54) is 0 Å². The van der Waals surface area contributed by atoms with E-state index in [9.17, 15) is 4.79 Å². The number of rotatable bonds is 12. The van der Waals surface area contributed by atoms with Crippen molar-refractivity contribution < 1.29 is 14.3 Å². The summed E-state index contributed by atoms with van der Waals surface area (Å²) in [4.78, 5) is 29.6. The molecule has 1 N–H and O–H groups in total.